The molecule has 0 unspecified atom stereocenters. The maximum absolute atomic E-state index is 13.7. The number of halogens is 6. The van der Waals surface area contributed by atoms with E-state index in [9.17, 15) is 31.5 Å². The van der Waals surface area contributed by atoms with Crippen molar-refractivity contribution in [3.05, 3.63) is 80.1 Å². The van der Waals surface area contributed by atoms with Gasteiger partial charge >= 0.3 is 12.1 Å². The number of hydrogen-bond donors (Lipinski definition) is 2. The first-order valence-corrected chi connectivity index (χ1v) is 14.1. The first kappa shape index (κ1) is 30.5. The molecular formula is C27H24F5IN8O2. The predicted octanol–water partition coefficient (Wildman–Crippen LogP) is 5.17. The van der Waals surface area contributed by atoms with Gasteiger partial charge in [-0.1, -0.05) is 11.3 Å². The van der Waals surface area contributed by atoms with E-state index in [1.807, 2.05) is 0 Å². The number of anilines is 1. The van der Waals surface area contributed by atoms with Crippen LogP contribution in [0.4, 0.5) is 27.6 Å². The Morgan fingerprint density at radius 1 is 1.07 bits per heavy atom. The number of amides is 2. The number of benzene rings is 1. The van der Waals surface area contributed by atoms with Crippen LogP contribution in [0.15, 0.2) is 42.7 Å². The first-order valence-electron chi connectivity index (χ1n) is 13.0. The third-order valence-electron chi connectivity index (χ3n) is 6.75. The van der Waals surface area contributed by atoms with Gasteiger partial charge in [-0.25, -0.2) is 14.3 Å². The Labute approximate surface area is 255 Å². The molecule has 2 amide bonds. The van der Waals surface area contributed by atoms with E-state index in [1.165, 1.54) is 16.9 Å². The van der Waals surface area contributed by atoms with E-state index in [1.54, 1.807) is 38.1 Å². The zero-order valence-electron chi connectivity index (χ0n) is 22.7. The zero-order chi connectivity index (χ0) is 31.1. The monoisotopic (exact) mass is 714 g/mol. The molecule has 1 aromatic carbocycles. The molecule has 0 radical (unpaired) electrons. The summed E-state index contributed by atoms with van der Waals surface area (Å²) in [5.41, 5.74) is 0.353. The van der Waals surface area contributed by atoms with Crippen molar-refractivity contribution in [2.45, 2.75) is 45.3 Å². The van der Waals surface area contributed by atoms with Gasteiger partial charge in [-0.3, -0.25) is 9.59 Å². The van der Waals surface area contributed by atoms with Crippen LogP contribution < -0.4 is 10.6 Å². The number of aryl methyl sites for hydroxylation is 2. The lowest BCUT2D eigenvalue weighted by atomic mass is 10.1. The predicted molar refractivity (Wildman–Crippen MR) is 152 cm³/mol. The van der Waals surface area contributed by atoms with E-state index in [4.69, 9.17) is 0 Å². The van der Waals surface area contributed by atoms with Gasteiger partial charge in [0, 0.05) is 16.3 Å². The quantitative estimate of drug-likeness (QED) is 0.183. The fourth-order valence-electron chi connectivity index (χ4n) is 4.28. The number of pyridine rings is 1. The van der Waals surface area contributed by atoms with E-state index in [0.717, 1.165) is 21.1 Å². The highest BCUT2D eigenvalue weighted by Gasteiger charge is 2.60. The van der Waals surface area contributed by atoms with E-state index in [2.05, 4.69) is 53.6 Å². The molecule has 3 aromatic heterocycles. The summed E-state index contributed by atoms with van der Waals surface area (Å²) in [6.45, 7) is 3.64. The average molecular weight is 714 g/mol. The topological polar surface area (TPSA) is 120 Å². The van der Waals surface area contributed by atoms with Gasteiger partial charge in [0.25, 0.3) is 11.8 Å². The van der Waals surface area contributed by atoms with E-state index < -0.39 is 23.7 Å². The second kappa shape index (κ2) is 11.6. The standard InChI is InChI=1S/C27H24F5IN8O2/c1-14-4-3-7-34-23(14)41-20(10-18(38-41)12-40-13-21(37-39-40)26(28,29)27(30,31)32)25(43)36-22-15(2)8-17(33)9-19(22)24(42)35-11-16-5-6-16/h3-4,7-10,13,16H,5-6,11-12H2,1-2H3,(H,35,42)(H,36,43). The van der Waals surface area contributed by atoms with Gasteiger partial charge in [-0.05, 0) is 90.6 Å². The number of carbonyl (C=O) groups is 2. The minimum Gasteiger partial charge on any atom is -0.352 e. The molecule has 3 heterocycles. The van der Waals surface area contributed by atoms with Crippen LogP contribution >= 0.6 is 22.6 Å². The molecule has 10 nitrogen and oxygen atoms in total. The lowest BCUT2D eigenvalue weighted by molar-refractivity contribution is -0.291. The number of aromatic nitrogens is 6. The Bertz CT molecular complexity index is 1700. The molecule has 0 spiro atoms. The number of rotatable bonds is 9. The van der Waals surface area contributed by atoms with Crippen molar-refractivity contribution in [3.8, 4) is 5.82 Å². The molecule has 226 valence electrons. The number of hydrogen-bond acceptors (Lipinski definition) is 6. The minimum atomic E-state index is -5.85. The van der Waals surface area contributed by atoms with Crippen LogP contribution in [0.25, 0.3) is 5.82 Å². The molecule has 0 aliphatic heterocycles. The largest absolute Gasteiger partial charge is 0.459 e. The van der Waals surface area contributed by atoms with Gasteiger partial charge in [0.2, 0.25) is 0 Å². The second-order valence-electron chi connectivity index (χ2n) is 10.2. The Kier molecular flexibility index (Phi) is 8.24. The van der Waals surface area contributed by atoms with E-state index in [0.29, 0.717) is 35.5 Å². The molecule has 1 saturated carbocycles. The lowest BCUT2D eigenvalue weighted by Gasteiger charge is -2.16. The third-order valence-corrected chi connectivity index (χ3v) is 7.37. The third kappa shape index (κ3) is 6.52. The molecule has 0 atom stereocenters. The van der Waals surface area contributed by atoms with Gasteiger partial charge in [0.15, 0.2) is 11.5 Å². The summed E-state index contributed by atoms with van der Waals surface area (Å²) in [6, 6.07) is 8.22. The van der Waals surface area contributed by atoms with Crippen LogP contribution in [0.1, 0.15) is 56.2 Å². The summed E-state index contributed by atoms with van der Waals surface area (Å²) in [4.78, 5) is 31.1. The fourth-order valence-corrected chi connectivity index (χ4v) is 5.06. The van der Waals surface area contributed by atoms with Crippen LogP contribution in [-0.2, 0) is 12.5 Å². The van der Waals surface area contributed by atoms with Crippen LogP contribution in [0.2, 0.25) is 0 Å². The normalized spacial score (nSPS) is 13.7. The lowest BCUT2D eigenvalue weighted by Crippen LogP contribution is -2.34. The van der Waals surface area contributed by atoms with Crippen molar-refractivity contribution in [1.29, 1.82) is 0 Å². The van der Waals surface area contributed by atoms with Crippen LogP contribution in [0.5, 0.6) is 0 Å². The molecule has 5 rings (SSSR count). The maximum atomic E-state index is 13.7. The molecule has 1 aliphatic carbocycles. The van der Waals surface area contributed by atoms with Crippen molar-refractivity contribution < 1.29 is 31.5 Å². The number of alkyl halides is 5. The van der Waals surface area contributed by atoms with E-state index >= 15 is 0 Å². The van der Waals surface area contributed by atoms with Crippen molar-refractivity contribution in [3.63, 3.8) is 0 Å². The fraction of sp³-hybridized carbons (Fsp3) is 0.333. The summed E-state index contributed by atoms with van der Waals surface area (Å²) in [6.07, 6.45) is -1.79. The van der Waals surface area contributed by atoms with Gasteiger partial charge in [-0.2, -0.15) is 27.1 Å². The van der Waals surface area contributed by atoms with Crippen molar-refractivity contribution in [2.24, 2.45) is 5.92 Å². The van der Waals surface area contributed by atoms with Crippen molar-refractivity contribution in [2.75, 3.05) is 11.9 Å². The molecule has 16 heteroatoms. The van der Waals surface area contributed by atoms with Crippen LogP contribution in [0.3, 0.4) is 0 Å². The zero-order valence-corrected chi connectivity index (χ0v) is 24.9. The van der Waals surface area contributed by atoms with Gasteiger partial charge in [-0.15, -0.1) is 5.10 Å². The van der Waals surface area contributed by atoms with Crippen molar-refractivity contribution in [1.82, 2.24) is 35.1 Å². The second-order valence-corrected chi connectivity index (χ2v) is 11.4. The summed E-state index contributed by atoms with van der Waals surface area (Å²) in [7, 11) is 0. The average Bonchev–Trinajstić information content (AvgIpc) is 3.48. The summed E-state index contributed by atoms with van der Waals surface area (Å²) >= 11 is 2.08. The highest BCUT2D eigenvalue weighted by molar-refractivity contribution is 14.1. The molecule has 1 aliphatic rings. The molecule has 0 saturated heterocycles. The van der Waals surface area contributed by atoms with Gasteiger partial charge < -0.3 is 10.6 Å². The Balaban J connectivity index is 1.48. The van der Waals surface area contributed by atoms with Gasteiger partial charge in [0.1, 0.15) is 5.69 Å². The van der Waals surface area contributed by atoms with Gasteiger partial charge in [0.05, 0.1) is 29.7 Å². The summed E-state index contributed by atoms with van der Waals surface area (Å²) in [5.74, 6) is -5.47. The SMILES string of the molecule is Cc1cccnc1-n1nc(Cn2cc(C(F)(F)C(F)(F)F)nn2)cc1C(=O)Nc1c(C)cc(I)cc1C(=O)NCC1CC1. The van der Waals surface area contributed by atoms with Crippen LogP contribution in [0, 0.1) is 23.3 Å². The molecule has 43 heavy (non-hydrogen) atoms. The van der Waals surface area contributed by atoms with Crippen LogP contribution in [-0.4, -0.2) is 54.3 Å². The molecule has 4 aromatic rings. The molecule has 0 bridgehead atoms. The summed E-state index contributed by atoms with van der Waals surface area (Å²) < 4.78 is 68.7. The Morgan fingerprint density at radius 3 is 2.49 bits per heavy atom. The Hall–Kier alpha value is -3.96. The van der Waals surface area contributed by atoms with Crippen molar-refractivity contribution >= 4 is 40.1 Å². The minimum absolute atomic E-state index is 0.0277. The number of carbonyl (C=O) groups excluding carboxylic acids is 2. The number of nitrogens with one attached hydrogen (secondary N) is 2. The highest BCUT2D eigenvalue weighted by Crippen LogP contribution is 2.42. The Morgan fingerprint density at radius 2 is 1.81 bits per heavy atom. The first-order chi connectivity index (χ1) is 20.2. The maximum Gasteiger partial charge on any atom is 0.459 e. The smallest absolute Gasteiger partial charge is 0.352 e. The van der Waals surface area contributed by atoms with E-state index in [-0.39, 0.29) is 35.2 Å². The number of nitrogens with zero attached hydrogens (tertiary/aromatic N) is 6. The highest BCUT2D eigenvalue weighted by atomic mass is 127. The summed E-state index contributed by atoms with van der Waals surface area (Å²) in [5, 5.41) is 16.5. The molecule has 1 fully saturated rings. The molecular weight excluding hydrogens is 690 g/mol. The molecule has 2 N–H and O–H groups in total.